The van der Waals surface area contributed by atoms with Crippen LogP contribution in [0.15, 0.2) is 30.3 Å². The highest BCUT2D eigenvalue weighted by atomic mass is 16.3. The minimum absolute atomic E-state index is 0.115. The molecule has 0 aromatic heterocycles. The molecule has 0 unspecified atom stereocenters. The van der Waals surface area contributed by atoms with Crippen molar-refractivity contribution in [2.75, 3.05) is 13.1 Å². The molecule has 3 aliphatic rings. The van der Waals surface area contributed by atoms with Gasteiger partial charge in [0.15, 0.2) is 0 Å². The summed E-state index contributed by atoms with van der Waals surface area (Å²) in [6.07, 6.45) is 5.42. The van der Waals surface area contributed by atoms with E-state index in [4.69, 9.17) is 0 Å². The number of carbonyl (C=O) groups is 1. The number of aliphatic hydroxyl groups is 1. The number of rotatable bonds is 4. The number of nitrogens with zero attached hydrogens (tertiary/aromatic N) is 1. The molecule has 2 N–H and O–H groups in total. The first kappa shape index (κ1) is 17.0. The molecule has 4 rings (SSSR count). The molecule has 3 fully saturated rings. The van der Waals surface area contributed by atoms with Gasteiger partial charge in [-0.1, -0.05) is 30.3 Å². The summed E-state index contributed by atoms with van der Waals surface area (Å²) in [7, 11) is 0. The van der Waals surface area contributed by atoms with E-state index in [0.29, 0.717) is 12.0 Å². The number of likely N-dealkylation sites (tertiary alicyclic amines) is 1. The zero-order valence-corrected chi connectivity index (χ0v) is 14.9. The van der Waals surface area contributed by atoms with E-state index in [-0.39, 0.29) is 17.9 Å². The molecule has 136 valence electrons. The summed E-state index contributed by atoms with van der Waals surface area (Å²) >= 11 is 0. The fourth-order valence-corrected chi connectivity index (χ4v) is 5.15. The molecular formula is C21H30N2O2. The highest BCUT2D eigenvalue weighted by molar-refractivity contribution is 5.79. The van der Waals surface area contributed by atoms with Crippen LogP contribution in [0.5, 0.6) is 0 Å². The average molecular weight is 342 g/mol. The van der Waals surface area contributed by atoms with Crippen molar-refractivity contribution in [2.24, 2.45) is 17.8 Å². The van der Waals surface area contributed by atoms with Crippen molar-refractivity contribution in [2.45, 2.75) is 57.2 Å². The summed E-state index contributed by atoms with van der Waals surface area (Å²) < 4.78 is 0. The first-order valence-electron chi connectivity index (χ1n) is 9.94. The van der Waals surface area contributed by atoms with Gasteiger partial charge in [0.25, 0.3) is 0 Å². The molecule has 3 atom stereocenters. The van der Waals surface area contributed by atoms with Gasteiger partial charge in [-0.05, 0) is 55.9 Å². The lowest BCUT2D eigenvalue weighted by Gasteiger charge is -2.28. The van der Waals surface area contributed by atoms with Gasteiger partial charge in [0, 0.05) is 31.6 Å². The molecule has 1 heterocycles. The molecule has 1 aliphatic heterocycles. The Bertz CT molecular complexity index is 583. The molecule has 4 nitrogen and oxygen atoms in total. The van der Waals surface area contributed by atoms with Gasteiger partial charge in [0.2, 0.25) is 5.91 Å². The highest BCUT2D eigenvalue weighted by Gasteiger charge is 2.43. The van der Waals surface area contributed by atoms with Crippen molar-refractivity contribution in [3.05, 3.63) is 35.9 Å². The minimum atomic E-state index is -0.193. The lowest BCUT2D eigenvalue weighted by Crippen LogP contribution is -2.43. The van der Waals surface area contributed by atoms with Crippen LogP contribution in [0, 0.1) is 17.8 Å². The Morgan fingerprint density at radius 1 is 1.04 bits per heavy atom. The number of amides is 1. The molecule has 25 heavy (non-hydrogen) atoms. The first-order chi connectivity index (χ1) is 12.2. The van der Waals surface area contributed by atoms with Gasteiger partial charge in [-0.15, -0.1) is 0 Å². The number of benzene rings is 1. The highest BCUT2D eigenvalue weighted by Crippen LogP contribution is 2.39. The second-order valence-corrected chi connectivity index (χ2v) is 8.30. The van der Waals surface area contributed by atoms with Crippen LogP contribution in [0.4, 0.5) is 0 Å². The lowest BCUT2D eigenvalue weighted by atomic mass is 9.86. The van der Waals surface area contributed by atoms with Gasteiger partial charge < -0.3 is 10.4 Å². The SMILES string of the molecule is O=C(N[C@@H]1CC[C@@H]2CN(Cc3ccccc3)C[C@@H]21)C1CCC(O)CC1. The monoisotopic (exact) mass is 342 g/mol. The Labute approximate surface area is 150 Å². The van der Waals surface area contributed by atoms with Crippen molar-refractivity contribution in [3.8, 4) is 0 Å². The fraction of sp³-hybridized carbons (Fsp3) is 0.667. The summed E-state index contributed by atoms with van der Waals surface area (Å²) in [6.45, 7) is 3.30. The van der Waals surface area contributed by atoms with E-state index in [1.807, 2.05) is 0 Å². The maximum atomic E-state index is 12.6. The molecule has 0 spiro atoms. The molecule has 1 aromatic rings. The zero-order chi connectivity index (χ0) is 17.2. The number of fused-ring (bicyclic) bond motifs is 1. The van der Waals surface area contributed by atoms with Crippen LogP contribution in [-0.2, 0) is 11.3 Å². The summed E-state index contributed by atoms with van der Waals surface area (Å²) in [5, 5.41) is 13.0. The van der Waals surface area contributed by atoms with E-state index in [1.165, 1.54) is 18.5 Å². The largest absolute Gasteiger partial charge is 0.393 e. The van der Waals surface area contributed by atoms with Crippen LogP contribution >= 0.6 is 0 Å². The van der Waals surface area contributed by atoms with Gasteiger partial charge >= 0.3 is 0 Å². The van der Waals surface area contributed by atoms with Crippen molar-refractivity contribution >= 4 is 5.91 Å². The predicted molar refractivity (Wildman–Crippen MR) is 97.8 cm³/mol. The molecule has 0 bridgehead atoms. The molecule has 4 heteroatoms. The maximum absolute atomic E-state index is 12.6. The quantitative estimate of drug-likeness (QED) is 0.884. The number of hydrogen-bond acceptors (Lipinski definition) is 3. The Morgan fingerprint density at radius 2 is 1.80 bits per heavy atom. The second-order valence-electron chi connectivity index (χ2n) is 8.30. The van der Waals surface area contributed by atoms with Crippen molar-refractivity contribution in [1.82, 2.24) is 10.2 Å². The topological polar surface area (TPSA) is 52.6 Å². The van der Waals surface area contributed by atoms with Crippen LogP contribution < -0.4 is 5.32 Å². The molecule has 1 saturated heterocycles. The van der Waals surface area contributed by atoms with Crippen LogP contribution in [0.2, 0.25) is 0 Å². The number of aliphatic hydroxyl groups excluding tert-OH is 1. The molecule has 2 aliphatic carbocycles. The van der Waals surface area contributed by atoms with Crippen LogP contribution in [0.3, 0.4) is 0 Å². The number of carbonyl (C=O) groups excluding carboxylic acids is 1. The Morgan fingerprint density at radius 3 is 2.56 bits per heavy atom. The van der Waals surface area contributed by atoms with E-state index in [1.54, 1.807) is 0 Å². The Balaban J connectivity index is 1.30. The third kappa shape index (κ3) is 3.90. The van der Waals surface area contributed by atoms with Crippen molar-refractivity contribution in [3.63, 3.8) is 0 Å². The van der Waals surface area contributed by atoms with E-state index in [2.05, 4.69) is 40.5 Å². The Hall–Kier alpha value is -1.39. The summed E-state index contributed by atoms with van der Waals surface area (Å²) in [6, 6.07) is 11.0. The molecule has 0 radical (unpaired) electrons. The third-order valence-corrected chi connectivity index (χ3v) is 6.58. The fourth-order valence-electron chi connectivity index (χ4n) is 5.15. The summed E-state index contributed by atoms with van der Waals surface area (Å²) in [5.74, 6) is 1.70. The van der Waals surface area contributed by atoms with E-state index < -0.39 is 0 Å². The average Bonchev–Trinajstić information content (AvgIpc) is 3.18. The minimum Gasteiger partial charge on any atom is -0.393 e. The van der Waals surface area contributed by atoms with E-state index in [9.17, 15) is 9.90 Å². The summed E-state index contributed by atoms with van der Waals surface area (Å²) in [5.41, 5.74) is 1.38. The van der Waals surface area contributed by atoms with Crippen molar-refractivity contribution < 1.29 is 9.90 Å². The van der Waals surface area contributed by atoms with E-state index >= 15 is 0 Å². The zero-order valence-electron chi connectivity index (χ0n) is 14.9. The maximum Gasteiger partial charge on any atom is 0.223 e. The second kappa shape index (κ2) is 7.46. The summed E-state index contributed by atoms with van der Waals surface area (Å²) in [4.78, 5) is 15.2. The molecule has 2 saturated carbocycles. The van der Waals surface area contributed by atoms with Crippen molar-refractivity contribution in [1.29, 1.82) is 0 Å². The van der Waals surface area contributed by atoms with Crippen LogP contribution in [-0.4, -0.2) is 41.1 Å². The van der Waals surface area contributed by atoms with Gasteiger partial charge in [0.05, 0.1) is 6.10 Å². The standard InChI is InChI=1S/C21H30N2O2/c24-18-9-6-16(7-10-18)21(25)22-20-11-8-17-13-23(14-19(17)20)12-15-4-2-1-3-5-15/h1-5,16-20,24H,6-14H2,(H,22,25)/t16?,17-,18?,19+,20-/m1/s1. The van der Waals surface area contributed by atoms with Gasteiger partial charge in [-0.2, -0.15) is 0 Å². The number of hydrogen-bond donors (Lipinski definition) is 2. The van der Waals surface area contributed by atoms with Crippen LogP contribution in [0.1, 0.15) is 44.1 Å². The van der Waals surface area contributed by atoms with Gasteiger partial charge in [-0.3, -0.25) is 9.69 Å². The third-order valence-electron chi connectivity index (χ3n) is 6.58. The van der Waals surface area contributed by atoms with E-state index in [0.717, 1.165) is 51.1 Å². The van der Waals surface area contributed by atoms with Crippen LogP contribution in [0.25, 0.3) is 0 Å². The predicted octanol–water partition coefficient (Wildman–Crippen LogP) is 2.56. The molecule has 1 aromatic carbocycles. The Kier molecular flexibility index (Phi) is 5.09. The first-order valence-corrected chi connectivity index (χ1v) is 9.94. The van der Waals surface area contributed by atoms with Gasteiger partial charge in [0.1, 0.15) is 0 Å². The molecular weight excluding hydrogens is 312 g/mol. The lowest BCUT2D eigenvalue weighted by molar-refractivity contribution is -0.127. The van der Waals surface area contributed by atoms with Gasteiger partial charge in [-0.25, -0.2) is 0 Å². The number of nitrogens with one attached hydrogen (secondary N) is 1. The molecule has 1 amide bonds. The smallest absolute Gasteiger partial charge is 0.223 e. The normalized spacial score (nSPS) is 35.5.